The fourth-order valence-corrected chi connectivity index (χ4v) is 2.38. The molecule has 1 amide bonds. The Bertz CT molecular complexity index is 413. The summed E-state index contributed by atoms with van der Waals surface area (Å²) in [6, 6.07) is 8.34. The van der Waals surface area contributed by atoms with Crippen molar-refractivity contribution in [2.45, 2.75) is 32.7 Å². The monoisotopic (exact) mass is 246 g/mol. The number of benzene rings is 1. The van der Waals surface area contributed by atoms with Gasteiger partial charge in [-0.2, -0.15) is 0 Å². The Morgan fingerprint density at radius 3 is 2.61 bits per heavy atom. The highest BCUT2D eigenvalue weighted by Gasteiger charge is 2.29. The Labute approximate surface area is 109 Å². The van der Waals surface area contributed by atoms with Crippen LogP contribution in [-0.4, -0.2) is 36.5 Å². The van der Waals surface area contributed by atoms with Gasteiger partial charge in [0.05, 0.1) is 6.04 Å². The van der Waals surface area contributed by atoms with E-state index in [4.69, 9.17) is 0 Å². The van der Waals surface area contributed by atoms with E-state index in [9.17, 15) is 4.79 Å². The number of amides is 1. The molecule has 1 fully saturated rings. The van der Waals surface area contributed by atoms with Crippen molar-refractivity contribution in [3.63, 3.8) is 0 Å². The molecule has 3 nitrogen and oxygen atoms in total. The molecule has 0 saturated carbocycles. The second-order valence-electron chi connectivity index (χ2n) is 4.82. The SMILES string of the molecule is CCCN(C(=O)c1ccccc1CC)C1CNC1. The minimum Gasteiger partial charge on any atom is -0.333 e. The summed E-state index contributed by atoms with van der Waals surface area (Å²) in [4.78, 5) is 14.7. The van der Waals surface area contributed by atoms with E-state index in [-0.39, 0.29) is 5.91 Å². The summed E-state index contributed by atoms with van der Waals surface area (Å²) in [6.07, 6.45) is 1.92. The first-order valence-corrected chi connectivity index (χ1v) is 6.87. The molecule has 0 atom stereocenters. The minimum atomic E-state index is 0.195. The number of hydrogen-bond acceptors (Lipinski definition) is 2. The summed E-state index contributed by atoms with van der Waals surface area (Å²) >= 11 is 0. The van der Waals surface area contributed by atoms with Crippen molar-refractivity contribution in [3.8, 4) is 0 Å². The number of rotatable bonds is 5. The molecule has 1 aromatic carbocycles. The molecule has 18 heavy (non-hydrogen) atoms. The zero-order valence-electron chi connectivity index (χ0n) is 11.3. The first-order chi connectivity index (χ1) is 8.77. The van der Waals surface area contributed by atoms with Gasteiger partial charge in [0, 0.05) is 25.2 Å². The highest BCUT2D eigenvalue weighted by atomic mass is 16.2. The van der Waals surface area contributed by atoms with Crippen molar-refractivity contribution in [1.29, 1.82) is 0 Å². The Morgan fingerprint density at radius 2 is 2.06 bits per heavy atom. The average molecular weight is 246 g/mol. The molecule has 1 saturated heterocycles. The van der Waals surface area contributed by atoms with Gasteiger partial charge >= 0.3 is 0 Å². The first-order valence-electron chi connectivity index (χ1n) is 6.87. The predicted octanol–water partition coefficient (Wildman–Crippen LogP) is 2.07. The van der Waals surface area contributed by atoms with E-state index in [0.29, 0.717) is 6.04 Å². The first kappa shape index (κ1) is 13.1. The lowest BCUT2D eigenvalue weighted by Crippen LogP contribution is -2.59. The van der Waals surface area contributed by atoms with Gasteiger partial charge in [-0.1, -0.05) is 32.0 Å². The molecule has 1 heterocycles. The van der Waals surface area contributed by atoms with Crippen molar-refractivity contribution in [2.24, 2.45) is 0 Å². The van der Waals surface area contributed by atoms with E-state index in [0.717, 1.165) is 43.6 Å². The summed E-state index contributed by atoms with van der Waals surface area (Å²) in [6.45, 7) is 6.93. The van der Waals surface area contributed by atoms with Gasteiger partial charge < -0.3 is 10.2 Å². The fourth-order valence-electron chi connectivity index (χ4n) is 2.38. The molecular formula is C15H22N2O. The number of nitrogens with one attached hydrogen (secondary N) is 1. The van der Waals surface area contributed by atoms with Crippen LogP contribution < -0.4 is 5.32 Å². The van der Waals surface area contributed by atoms with Crippen LogP contribution in [0.4, 0.5) is 0 Å². The second kappa shape index (κ2) is 6.01. The van der Waals surface area contributed by atoms with Crippen LogP contribution >= 0.6 is 0 Å². The fraction of sp³-hybridized carbons (Fsp3) is 0.533. The number of aryl methyl sites for hydroxylation is 1. The Balaban J connectivity index is 2.21. The molecule has 1 aromatic rings. The van der Waals surface area contributed by atoms with Gasteiger partial charge in [-0.05, 0) is 24.5 Å². The van der Waals surface area contributed by atoms with Crippen LogP contribution in [0.5, 0.6) is 0 Å². The number of carbonyl (C=O) groups excluding carboxylic acids is 1. The van der Waals surface area contributed by atoms with Crippen LogP contribution in [0.2, 0.25) is 0 Å². The van der Waals surface area contributed by atoms with Crippen molar-refractivity contribution in [1.82, 2.24) is 10.2 Å². The van der Waals surface area contributed by atoms with E-state index in [2.05, 4.69) is 25.2 Å². The van der Waals surface area contributed by atoms with Gasteiger partial charge in [0.25, 0.3) is 5.91 Å². The van der Waals surface area contributed by atoms with Crippen LogP contribution in [-0.2, 0) is 6.42 Å². The van der Waals surface area contributed by atoms with Crippen molar-refractivity contribution >= 4 is 5.91 Å². The highest BCUT2D eigenvalue weighted by Crippen LogP contribution is 2.16. The molecule has 0 radical (unpaired) electrons. The summed E-state index contributed by atoms with van der Waals surface area (Å²) < 4.78 is 0. The summed E-state index contributed by atoms with van der Waals surface area (Å²) in [5.41, 5.74) is 2.02. The minimum absolute atomic E-state index is 0.195. The lowest BCUT2D eigenvalue weighted by molar-refractivity contribution is 0.0614. The van der Waals surface area contributed by atoms with Crippen molar-refractivity contribution in [2.75, 3.05) is 19.6 Å². The van der Waals surface area contributed by atoms with Gasteiger partial charge in [0.15, 0.2) is 0 Å². The van der Waals surface area contributed by atoms with Crippen LogP contribution in [0.15, 0.2) is 24.3 Å². The number of carbonyl (C=O) groups is 1. The van der Waals surface area contributed by atoms with E-state index in [1.807, 2.05) is 23.1 Å². The highest BCUT2D eigenvalue weighted by molar-refractivity contribution is 5.96. The maximum Gasteiger partial charge on any atom is 0.254 e. The van der Waals surface area contributed by atoms with Crippen LogP contribution in [0.25, 0.3) is 0 Å². The van der Waals surface area contributed by atoms with Crippen molar-refractivity contribution in [3.05, 3.63) is 35.4 Å². The van der Waals surface area contributed by atoms with Gasteiger partial charge in [-0.25, -0.2) is 0 Å². The Morgan fingerprint density at radius 1 is 1.33 bits per heavy atom. The largest absolute Gasteiger partial charge is 0.333 e. The summed E-state index contributed by atoms with van der Waals surface area (Å²) in [7, 11) is 0. The van der Waals surface area contributed by atoms with Gasteiger partial charge in [0.1, 0.15) is 0 Å². The molecule has 0 aromatic heterocycles. The van der Waals surface area contributed by atoms with Crippen LogP contribution in [0.3, 0.4) is 0 Å². The molecule has 0 spiro atoms. The van der Waals surface area contributed by atoms with Crippen LogP contribution in [0, 0.1) is 0 Å². The molecule has 0 unspecified atom stereocenters. The topological polar surface area (TPSA) is 32.3 Å². The van der Waals surface area contributed by atoms with Crippen LogP contribution in [0.1, 0.15) is 36.2 Å². The van der Waals surface area contributed by atoms with Gasteiger partial charge in [0.2, 0.25) is 0 Å². The number of hydrogen-bond donors (Lipinski definition) is 1. The molecule has 1 aliphatic heterocycles. The third-order valence-corrected chi connectivity index (χ3v) is 3.55. The maximum atomic E-state index is 12.6. The quantitative estimate of drug-likeness (QED) is 0.862. The average Bonchev–Trinajstić information content (AvgIpc) is 2.35. The van der Waals surface area contributed by atoms with E-state index >= 15 is 0 Å². The molecule has 0 bridgehead atoms. The van der Waals surface area contributed by atoms with Crippen molar-refractivity contribution < 1.29 is 4.79 Å². The Kier molecular flexibility index (Phi) is 4.37. The summed E-state index contributed by atoms with van der Waals surface area (Å²) in [5.74, 6) is 0.195. The lowest BCUT2D eigenvalue weighted by atomic mass is 10.0. The summed E-state index contributed by atoms with van der Waals surface area (Å²) in [5, 5.41) is 3.24. The third-order valence-electron chi connectivity index (χ3n) is 3.55. The number of nitrogens with zero attached hydrogens (tertiary/aromatic N) is 1. The normalized spacial score (nSPS) is 15.2. The van der Waals surface area contributed by atoms with E-state index in [1.165, 1.54) is 0 Å². The molecule has 3 heteroatoms. The molecule has 1 N–H and O–H groups in total. The van der Waals surface area contributed by atoms with Gasteiger partial charge in [-0.3, -0.25) is 4.79 Å². The molecule has 2 rings (SSSR count). The molecule has 0 aliphatic carbocycles. The zero-order chi connectivity index (χ0) is 13.0. The zero-order valence-corrected chi connectivity index (χ0v) is 11.3. The van der Waals surface area contributed by atoms with Gasteiger partial charge in [-0.15, -0.1) is 0 Å². The Hall–Kier alpha value is -1.35. The standard InChI is InChI=1S/C15H22N2O/c1-3-9-17(13-10-16-11-13)15(18)14-8-6-5-7-12(14)4-2/h5-8,13,16H,3-4,9-11H2,1-2H3. The predicted molar refractivity (Wildman–Crippen MR) is 73.8 cm³/mol. The third kappa shape index (κ3) is 2.56. The van der Waals surface area contributed by atoms with E-state index < -0.39 is 0 Å². The second-order valence-corrected chi connectivity index (χ2v) is 4.82. The maximum absolute atomic E-state index is 12.6. The lowest BCUT2D eigenvalue weighted by Gasteiger charge is -2.38. The molecular weight excluding hydrogens is 224 g/mol. The molecule has 98 valence electrons. The molecule has 1 aliphatic rings. The van der Waals surface area contributed by atoms with E-state index in [1.54, 1.807) is 0 Å². The smallest absolute Gasteiger partial charge is 0.254 e.